The number of nitrogens with one attached hydrogen (secondary N) is 2. The summed E-state index contributed by atoms with van der Waals surface area (Å²) in [6, 6.07) is 16.9. The van der Waals surface area contributed by atoms with Crippen LogP contribution in [-0.4, -0.2) is 32.5 Å². The largest absolute Gasteiger partial charge is 0.500 e. The van der Waals surface area contributed by atoms with Gasteiger partial charge in [0.2, 0.25) is 0 Å². The van der Waals surface area contributed by atoms with Gasteiger partial charge in [-0.1, -0.05) is 56.7 Å². The second-order valence-electron chi connectivity index (χ2n) is 8.06. The van der Waals surface area contributed by atoms with Crippen LogP contribution in [0.2, 0.25) is 0 Å². The smallest absolute Gasteiger partial charge is 0.411 e. The molecule has 0 spiro atoms. The summed E-state index contributed by atoms with van der Waals surface area (Å²) < 4.78 is 15.2. The summed E-state index contributed by atoms with van der Waals surface area (Å²) >= 11 is 0. The van der Waals surface area contributed by atoms with Gasteiger partial charge < -0.3 is 19.5 Å². The first-order valence-corrected chi connectivity index (χ1v) is 11.5. The van der Waals surface area contributed by atoms with Crippen molar-refractivity contribution in [2.75, 3.05) is 37.0 Å². The molecule has 1 fully saturated rings. The highest BCUT2D eigenvalue weighted by Crippen LogP contribution is 2.45. The van der Waals surface area contributed by atoms with Crippen LogP contribution < -0.4 is 10.6 Å². The van der Waals surface area contributed by atoms with Gasteiger partial charge in [0.05, 0.1) is 12.5 Å². The third-order valence-electron chi connectivity index (χ3n) is 6.05. The average Bonchev–Trinajstić information content (AvgIpc) is 2.86. The number of hydrogen-bond donors (Lipinski definition) is 2. The highest BCUT2D eigenvalue weighted by molar-refractivity contribution is 5.84. The highest BCUT2D eigenvalue weighted by atomic mass is 16.6. The molecule has 0 atom stereocenters. The maximum Gasteiger partial charge on any atom is 0.411 e. The topological polar surface area (TPSA) is 68.8 Å². The van der Waals surface area contributed by atoms with E-state index < -0.39 is 6.09 Å². The van der Waals surface area contributed by atoms with Crippen LogP contribution in [0.25, 0.3) is 0 Å². The molecule has 0 aromatic heterocycles. The Hall–Kier alpha value is -3.41. The third kappa shape index (κ3) is 6.78. The molecule has 6 heteroatoms. The normalized spacial score (nSPS) is 14.5. The highest BCUT2D eigenvalue weighted by Gasteiger charge is 2.35. The van der Waals surface area contributed by atoms with Gasteiger partial charge in [-0.3, -0.25) is 5.32 Å². The molecule has 3 rings (SSSR count). The predicted octanol–water partition coefficient (Wildman–Crippen LogP) is 6.22. The first-order chi connectivity index (χ1) is 16.2. The van der Waals surface area contributed by atoms with Crippen molar-refractivity contribution in [1.29, 1.82) is 0 Å². The quantitative estimate of drug-likeness (QED) is 0.297. The molecule has 2 N–H and O–H groups in total. The van der Waals surface area contributed by atoms with Crippen LogP contribution in [0.15, 0.2) is 74.2 Å². The van der Waals surface area contributed by atoms with Gasteiger partial charge in [0.15, 0.2) is 0 Å². The molecule has 0 heterocycles. The minimum absolute atomic E-state index is 0.0101. The number of benzene rings is 2. The Bertz CT molecular complexity index is 887. The van der Waals surface area contributed by atoms with Gasteiger partial charge in [0.1, 0.15) is 19.8 Å². The summed E-state index contributed by atoms with van der Waals surface area (Å²) in [5, 5.41) is 6.14. The molecule has 0 aliphatic heterocycles. The van der Waals surface area contributed by atoms with E-state index in [1.54, 1.807) is 0 Å². The molecular weight excluding hydrogens is 416 g/mol. The van der Waals surface area contributed by atoms with Crippen molar-refractivity contribution < 1.29 is 19.0 Å². The van der Waals surface area contributed by atoms with Crippen LogP contribution in [0.5, 0.6) is 0 Å². The molecular formula is C27H34N2O4. The van der Waals surface area contributed by atoms with Gasteiger partial charge in [0, 0.05) is 23.3 Å². The van der Waals surface area contributed by atoms with Crippen LogP contribution >= 0.6 is 0 Å². The Balaban J connectivity index is 1.68. The second-order valence-corrected chi connectivity index (χ2v) is 8.06. The molecule has 1 aliphatic carbocycles. The molecule has 1 amide bonds. The van der Waals surface area contributed by atoms with Gasteiger partial charge >= 0.3 is 6.09 Å². The standard InChI is InChI=1S/C27H34N2O4/c1-3-31-19-18-28-24-12-8-22(9-13-24)27(16-6-5-7-17-27)23-10-14-25(15-11-23)29-26(30)33-21-20-32-4-2/h3-4,8-15,28H,1-2,5-7,16-21H2,(H,29,30). The van der Waals surface area contributed by atoms with E-state index in [0.717, 1.165) is 25.1 Å². The summed E-state index contributed by atoms with van der Waals surface area (Å²) in [4.78, 5) is 12.0. The first kappa shape index (κ1) is 24.2. The number of amides is 1. The monoisotopic (exact) mass is 450 g/mol. The molecule has 2 aromatic carbocycles. The molecule has 1 saturated carbocycles. The Morgan fingerprint density at radius 3 is 2.00 bits per heavy atom. The van der Waals surface area contributed by atoms with E-state index in [1.165, 1.54) is 42.9 Å². The maximum atomic E-state index is 12.0. The van der Waals surface area contributed by atoms with Gasteiger partial charge in [-0.05, 0) is 48.2 Å². The zero-order valence-corrected chi connectivity index (χ0v) is 19.2. The minimum atomic E-state index is -0.496. The number of hydrogen-bond acceptors (Lipinski definition) is 5. The molecule has 0 saturated heterocycles. The van der Waals surface area contributed by atoms with E-state index >= 15 is 0 Å². The maximum absolute atomic E-state index is 12.0. The van der Waals surface area contributed by atoms with E-state index in [0.29, 0.717) is 12.3 Å². The summed E-state index contributed by atoms with van der Waals surface area (Å²) in [6.45, 7) is 8.79. The second kappa shape index (κ2) is 12.6. The molecule has 0 unspecified atom stereocenters. The van der Waals surface area contributed by atoms with Crippen molar-refractivity contribution in [3.63, 3.8) is 0 Å². The number of anilines is 2. The fourth-order valence-corrected chi connectivity index (χ4v) is 4.44. The number of rotatable bonds is 12. The fourth-order valence-electron chi connectivity index (χ4n) is 4.44. The van der Waals surface area contributed by atoms with E-state index in [9.17, 15) is 4.79 Å². The van der Waals surface area contributed by atoms with Crippen molar-refractivity contribution >= 4 is 17.5 Å². The molecule has 2 aromatic rings. The van der Waals surface area contributed by atoms with Crippen molar-refractivity contribution in [3.8, 4) is 0 Å². The van der Waals surface area contributed by atoms with E-state index in [2.05, 4.69) is 60.2 Å². The average molecular weight is 451 g/mol. The Kier molecular flexibility index (Phi) is 9.24. The third-order valence-corrected chi connectivity index (χ3v) is 6.05. The molecule has 1 aliphatic rings. The lowest BCUT2D eigenvalue weighted by Crippen LogP contribution is -2.30. The number of ether oxygens (including phenoxy) is 3. The molecule has 176 valence electrons. The lowest BCUT2D eigenvalue weighted by Gasteiger charge is -2.39. The molecule has 0 radical (unpaired) electrons. The number of carbonyl (C=O) groups excluding carboxylic acids is 1. The van der Waals surface area contributed by atoms with Crippen LogP contribution in [0.4, 0.5) is 16.2 Å². The summed E-state index contributed by atoms with van der Waals surface area (Å²) in [5.74, 6) is 0. The van der Waals surface area contributed by atoms with Gasteiger partial charge in [0.25, 0.3) is 0 Å². The Morgan fingerprint density at radius 1 is 0.818 bits per heavy atom. The zero-order chi connectivity index (χ0) is 23.4. The van der Waals surface area contributed by atoms with Crippen LogP contribution in [0, 0.1) is 0 Å². The fraction of sp³-hybridized carbons (Fsp3) is 0.370. The van der Waals surface area contributed by atoms with Crippen LogP contribution in [0.1, 0.15) is 43.2 Å². The summed E-state index contributed by atoms with van der Waals surface area (Å²) in [6.07, 6.45) is 8.20. The van der Waals surface area contributed by atoms with Crippen molar-refractivity contribution in [3.05, 3.63) is 85.3 Å². The van der Waals surface area contributed by atoms with Crippen LogP contribution in [-0.2, 0) is 19.6 Å². The number of carbonyl (C=O) groups is 1. The van der Waals surface area contributed by atoms with Crippen molar-refractivity contribution in [2.45, 2.75) is 37.5 Å². The van der Waals surface area contributed by atoms with Crippen molar-refractivity contribution in [2.24, 2.45) is 0 Å². The molecule has 0 bridgehead atoms. The first-order valence-electron chi connectivity index (χ1n) is 11.5. The van der Waals surface area contributed by atoms with Crippen molar-refractivity contribution in [1.82, 2.24) is 0 Å². The van der Waals surface area contributed by atoms with E-state index in [4.69, 9.17) is 14.2 Å². The SMILES string of the molecule is C=COCCNc1ccc(C2(c3ccc(NC(=O)OCCOC=C)cc3)CCCCC2)cc1. The van der Waals surface area contributed by atoms with Gasteiger partial charge in [-0.25, -0.2) is 4.79 Å². The van der Waals surface area contributed by atoms with Crippen LogP contribution in [0.3, 0.4) is 0 Å². The predicted molar refractivity (Wildman–Crippen MR) is 133 cm³/mol. The van der Waals surface area contributed by atoms with E-state index in [-0.39, 0.29) is 18.6 Å². The Morgan fingerprint density at radius 2 is 1.39 bits per heavy atom. The van der Waals surface area contributed by atoms with Gasteiger partial charge in [-0.2, -0.15) is 0 Å². The lowest BCUT2D eigenvalue weighted by atomic mass is 9.65. The minimum Gasteiger partial charge on any atom is -0.500 e. The molecule has 33 heavy (non-hydrogen) atoms. The van der Waals surface area contributed by atoms with E-state index in [1.807, 2.05) is 12.1 Å². The van der Waals surface area contributed by atoms with Gasteiger partial charge in [-0.15, -0.1) is 0 Å². The lowest BCUT2D eigenvalue weighted by molar-refractivity contribution is 0.123. The zero-order valence-electron chi connectivity index (χ0n) is 19.2. The summed E-state index contributed by atoms with van der Waals surface area (Å²) in [7, 11) is 0. The summed E-state index contributed by atoms with van der Waals surface area (Å²) in [5.41, 5.74) is 4.39. The molecule has 6 nitrogen and oxygen atoms in total. The Labute approximate surface area is 196 Å².